The summed E-state index contributed by atoms with van der Waals surface area (Å²) in [6, 6.07) is 0. The van der Waals surface area contributed by atoms with Gasteiger partial charge in [-0.25, -0.2) is 0 Å². The van der Waals surface area contributed by atoms with Gasteiger partial charge in [-0.2, -0.15) is 0 Å². The molecule has 0 aliphatic rings. The van der Waals surface area contributed by atoms with Gasteiger partial charge in [0.05, 0.1) is 19.6 Å². The number of unbranched alkanes of at least 4 members (excludes halogenated alkanes) is 3. The Morgan fingerprint density at radius 1 is 1.10 bits per heavy atom. The highest BCUT2D eigenvalue weighted by atomic mass is 16.4. The van der Waals surface area contributed by atoms with E-state index in [-0.39, 0.29) is 12.5 Å². The van der Waals surface area contributed by atoms with Crippen molar-refractivity contribution >= 4 is 5.97 Å². The van der Waals surface area contributed by atoms with Gasteiger partial charge in [-0.3, -0.25) is 0 Å². The van der Waals surface area contributed by atoms with Crippen molar-refractivity contribution in [1.29, 1.82) is 0 Å². The molecule has 0 saturated heterocycles. The quantitative estimate of drug-likeness (QED) is 0.414. The van der Waals surface area contributed by atoms with E-state index in [0.29, 0.717) is 6.42 Å². The normalized spacial score (nSPS) is 13.4. The van der Waals surface area contributed by atoms with E-state index in [1.807, 2.05) is 0 Å². The highest BCUT2D eigenvalue weighted by molar-refractivity contribution is 5.64. The lowest BCUT2D eigenvalue weighted by Gasteiger charge is -2.38. The molecule has 0 fully saturated rings. The van der Waals surface area contributed by atoms with Gasteiger partial charge < -0.3 is 19.5 Å². The first kappa shape index (κ1) is 19.4. The Morgan fingerprint density at radius 2 is 1.75 bits per heavy atom. The van der Waals surface area contributed by atoms with E-state index in [4.69, 9.17) is 0 Å². The molecule has 120 valence electrons. The molecule has 0 radical (unpaired) electrons. The second kappa shape index (κ2) is 11.1. The molecule has 0 spiro atoms. The fourth-order valence-electron chi connectivity index (χ4n) is 2.79. The van der Waals surface area contributed by atoms with E-state index in [0.717, 1.165) is 43.5 Å². The molecule has 4 nitrogen and oxygen atoms in total. The fourth-order valence-corrected chi connectivity index (χ4v) is 2.79. The molecule has 1 N–H and O–H groups in total. The molecular weight excluding hydrogens is 254 g/mol. The Kier molecular flexibility index (Phi) is 10.8. The van der Waals surface area contributed by atoms with Crippen molar-refractivity contribution in [3.05, 3.63) is 0 Å². The molecule has 0 amide bonds. The summed E-state index contributed by atoms with van der Waals surface area (Å²) in [6.07, 6.45) is 6.07. The van der Waals surface area contributed by atoms with Crippen LogP contribution in [0.4, 0.5) is 0 Å². The van der Waals surface area contributed by atoms with Crippen LogP contribution in [0.2, 0.25) is 0 Å². The lowest BCUT2D eigenvalue weighted by molar-refractivity contribution is -0.927. The zero-order valence-corrected chi connectivity index (χ0v) is 13.6. The molecule has 20 heavy (non-hydrogen) atoms. The largest absolute Gasteiger partial charge is 0.550 e. The van der Waals surface area contributed by atoms with Gasteiger partial charge in [0.25, 0.3) is 0 Å². The van der Waals surface area contributed by atoms with Gasteiger partial charge in [-0.15, -0.1) is 0 Å². The van der Waals surface area contributed by atoms with E-state index < -0.39 is 5.97 Å². The van der Waals surface area contributed by atoms with Crippen LogP contribution in [-0.2, 0) is 4.79 Å². The van der Waals surface area contributed by atoms with Crippen molar-refractivity contribution in [3.63, 3.8) is 0 Å². The number of nitrogens with zero attached hydrogens (tertiary/aromatic N) is 1. The summed E-state index contributed by atoms with van der Waals surface area (Å²) in [5, 5.41) is 20.7. The monoisotopic (exact) mass is 287 g/mol. The highest BCUT2D eigenvalue weighted by Gasteiger charge is 2.26. The number of aliphatic hydroxyl groups is 1. The number of likely N-dealkylation sites (N-methyl/N-ethyl adjacent to an activating group) is 1. The summed E-state index contributed by atoms with van der Waals surface area (Å²) in [6.45, 7) is 9.85. The van der Waals surface area contributed by atoms with E-state index >= 15 is 0 Å². The van der Waals surface area contributed by atoms with Crippen molar-refractivity contribution in [2.75, 3.05) is 26.2 Å². The van der Waals surface area contributed by atoms with Gasteiger partial charge in [-0.1, -0.05) is 32.6 Å². The smallest absolute Gasteiger partial charge is 0.105 e. The predicted octanol–water partition coefficient (Wildman–Crippen LogP) is 1.70. The Hall–Kier alpha value is -0.610. The first-order valence-electron chi connectivity index (χ1n) is 8.22. The van der Waals surface area contributed by atoms with E-state index in [1.54, 1.807) is 0 Å². The van der Waals surface area contributed by atoms with E-state index in [1.165, 1.54) is 19.3 Å². The number of carboxylic acids is 1. The fraction of sp³-hybridized carbons (Fsp3) is 0.938. The second-order valence-electron chi connectivity index (χ2n) is 5.86. The van der Waals surface area contributed by atoms with Crippen LogP contribution in [0.25, 0.3) is 0 Å². The van der Waals surface area contributed by atoms with Gasteiger partial charge in [-0.05, 0) is 26.7 Å². The molecule has 0 aromatic heterocycles. The zero-order chi connectivity index (χ0) is 15.4. The van der Waals surface area contributed by atoms with Crippen LogP contribution in [0.1, 0.15) is 65.7 Å². The number of quaternary nitrogens is 1. The van der Waals surface area contributed by atoms with Crippen molar-refractivity contribution in [1.82, 2.24) is 0 Å². The third-order valence-corrected chi connectivity index (χ3v) is 4.34. The summed E-state index contributed by atoms with van der Waals surface area (Å²) in [5.74, 6) is -0.976. The first-order chi connectivity index (χ1) is 9.49. The Bertz CT molecular complexity index is 252. The van der Waals surface area contributed by atoms with Crippen LogP contribution in [0, 0.1) is 0 Å². The Morgan fingerprint density at radius 3 is 2.25 bits per heavy atom. The molecule has 0 aliphatic heterocycles. The minimum Gasteiger partial charge on any atom is -0.550 e. The molecule has 4 heteroatoms. The van der Waals surface area contributed by atoms with Gasteiger partial charge in [0.1, 0.15) is 12.6 Å². The SMILES string of the molecule is CCCCCCC(O)C[N+](CC)(CC)CCCC(=O)[O-]. The molecule has 0 aromatic rings. The molecular formula is C16H33NO3. The highest BCUT2D eigenvalue weighted by Crippen LogP contribution is 2.14. The maximum atomic E-state index is 10.5. The van der Waals surface area contributed by atoms with Gasteiger partial charge >= 0.3 is 0 Å². The number of rotatable bonds is 13. The van der Waals surface area contributed by atoms with Crippen molar-refractivity contribution < 1.29 is 19.5 Å². The number of carbonyl (C=O) groups excluding carboxylic acids is 1. The van der Waals surface area contributed by atoms with E-state index in [9.17, 15) is 15.0 Å². The van der Waals surface area contributed by atoms with Crippen molar-refractivity contribution in [3.8, 4) is 0 Å². The van der Waals surface area contributed by atoms with Crippen LogP contribution >= 0.6 is 0 Å². The topological polar surface area (TPSA) is 60.4 Å². The van der Waals surface area contributed by atoms with Gasteiger partial charge in [0, 0.05) is 12.4 Å². The standard InChI is InChI=1S/C16H33NO3/c1-4-7-8-9-11-15(18)14-17(5-2,6-3)13-10-12-16(19)20/h15,18H,4-14H2,1-3H3. The number of aliphatic carboxylic acids is 1. The molecule has 0 rings (SSSR count). The lowest BCUT2D eigenvalue weighted by Crippen LogP contribution is -2.52. The van der Waals surface area contributed by atoms with Gasteiger partial charge in [0.2, 0.25) is 0 Å². The van der Waals surface area contributed by atoms with Crippen molar-refractivity contribution in [2.45, 2.75) is 71.8 Å². The molecule has 0 bridgehead atoms. The first-order valence-corrected chi connectivity index (χ1v) is 8.22. The Balaban J connectivity index is 4.17. The van der Waals surface area contributed by atoms with E-state index in [2.05, 4.69) is 20.8 Å². The number of aliphatic hydroxyl groups excluding tert-OH is 1. The van der Waals surface area contributed by atoms with Crippen LogP contribution in [0.3, 0.4) is 0 Å². The number of carbonyl (C=O) groups is 1. The second-order valence-corrected chi connectivity index (χ2v) is 5.86. The van der Waals surface area contributed by atoms with Crippen LogP contribution in [-0.4, -0.2) is 47.8 Å². The summed E-state index contributed by atoms with van der Waals surface area (Å²) < 4.78 is 0.808. The van der Waals surface area contributed by atoms with Crippen LogP contribution in [0.15, 0.2) is 0 Å². The lowest BCUT2D eigenvalue weighted by atomic mass is 10.1. The third-order valence-electron chi connectivity index (χ3n) is 4.34. The summed E-state index contributed by atoms with van der Waals surface area (Å²) >= 11 is 0. The molecule has 0 aliphatic carbocycles. The average molecular weight is 287 g/mol. The summed E-state index contributed by atoms with van der Waals surface area (Å²) in [5.41, 5.74) is 0. The molecule has 1 unspecified atom stereocenters. The molecule has 1 atom stereocenters. The predicted molar refractivity (Wildman–Crippen MR) is 80.1 cm³/mol. The van der Waals surface area contributed by atoms with Crippen LogP contribution in [0.5, 0.6) is 0 Å². The zero-order valence-electron chi connectivity index (χ0n) is 13.6. The molecule has 0 heterocycles. The molecule has 0 saturated carbocycles. The maximum Gasteiger partial charge on any atom is 0.105 e. The number of hydrogen-bond donors (Lipinski definition) is 1. The minimum absolute atomic E-state index is 0.118. The summed E-state index contributed by atoms with van der Waals surface area (Å²) in [4.78, 5) is 10.5. The number of carboxylic acid groups (broad SMARTS) is 1. The third kappa shape index (κ3) is 8.54. The van der Waals surface area contributed by atoms with Crippen LogP contribution < -0.4 is 5.11 Å². The van der Waals surface area contributed by atoms with Crippen molar-refractivity contribution in [2.24, 2.45) is 0 Å². The maximum absolute atomic E-state index is 10.5. The Labute approximate surface area is 124 Å². The number of hydrogen-bond acceptors (Lipinski definition) is 3. The molecule has 0 aromatic carbocycles. The summed E-state index contributed by atoms with van der Waals surface area (Å²) in [7, 11) is 0. The average Bonchev–Trinajstić information content (AvgIpc) is 2.42. The van der Waals surface area contributed by atoms with Gasteiger partial charge in [0.15, 0.2) is 0 Å². The minimum atomic E-state index is -0.976.